The van der Waals surface area contributed by atoms with E-state index < -0.39 is 0 Å². The quantitative estimate of drug-likeness (QED) is 0.587. The van der Waals surface area contributed by atoms with Gasteiger partial charge in [-0.05, 0) is 18.8 Å². The second-order valence-electron chi connectivity index (χ2n) is 4.84. The molecule has 0 aromatic heterocycles. The molecule has 0 radical (unpaired) electrons. The fraction of sp³-hybridized carbons (Fsp3) is 0.467. The summed E-state index contributed by atoms with van der Waals surface area (Å²) in [7, 11) is 0. The van der Waals surface area contributed by atoms with Crippen LogP contribution in [-0.2, 0) is 4.79 Å². The van der Waals surface area contributed by atoms with Gasteiger partial charge in [0.05, 0.1) is 0 Å². The standard InChI is InChI=1S/C15H18O2/c16-11-14-9-5-4-8-13(14)10-15(17)12-6-2-1-3-7-12/h1-3,6-7,11,13-14H,4-5,8-10H2/t13-,14-/m0/s1. The first-order chi connectivity index (χ1) is 8.31. The number of aldehydes is 1. The molecule has 1 saturated carbocycles. The predicted molar refractivity (Wildman–Crippen MR) is 66.9 cm³/mol. The third-order valence-electron chi connectivity index (χ3n) is 3.69. The second-order valence-corrected chi connectivity index (χ2v) is 4.84. The van der Waals surface area contributed by atoms with E-state index in [0.717, 1.165) is 37.5 Å². The van der Waals surface area contributed by atoms with Gasteiger partial charge in [-0.2, -0.15) is 0 Å². The van der Waals surface area contributed by atoms with Crippen LogP contribution in [0.5, 0.6) is 0 Å². The van der Waals surface area contributed by atoms with Gasteiger partial charge >= 0.3 is 0 Å². The highest BCUT2D eigenvalue weighted by molar-refractivity contribution is 5.96. The summed E-state index contributed by atoms with van der Waals surface area (Å²) in [5, 5.41) is 0. The molecule has 2 rings (SSSR count). The van der Waals surface area contributed by atoms with E-state index in [1.54, 1.807) is 0 Å². The maximum atomic E-state index is 12.1. The molecule has 1 aliphatic rings. The molecule has 17 heavy (non-hydrogen) atoms. The van der Waals surface area contributed by atoms with Crippen molar-refractivity contribution in [1.29, 1.82) is 0 Å². The third-order valence-corrected chi connectivity index (χ3v) is 3.69. The number of carbonyl (C=O) groups excluding carboxylic acids is 2. The Morgan fingerprint density at radius 2 is 1.88 bits per heavy atom. The fourth-order valence-electron chi connectivity index (χ4n) is 2.65. The largest absolute Gasteiger partial charge is 0.303 e. The molecule has 0 aliphatic heterocycles. The Hall–Kier alpha value is -1.44. The third kappa shape index (κ3) is 3.02. The molecule has 0 saturated heterocycles. The molecule has 2 nitrogen and oxygen atoms in total. The summed E-state index contributed by atoms with van der Waals surface area (Å²) in [4.78, 5) is 23.0. The summed E-state index contributed by atoms with van der Waals surface area (Å²) in [6, 6.07) is 9.37. The van der Waals surface area contributed by atoms with E-state index >= 15 is 0 Å². The van der Waals surface area contributed by atoms with E-state index in [4.69, 9.17) is 0 Å². The Balaban J connectivity index is 2.00. The Kier molecular flexibility index (Phi) is 4.08. The maximum absolute atomic E-state index is 12.1. The number of hydrogen-bond donors (Lipinski definition) is 0. The molecule has 0 bridgehead atoms. The molecule has 2 heteroatoms. The van der Waals surface area contributed by atoms with Gasteiger partial charge in [0, 0.05) is 17.9 Å². The van der Waals surface area contributed by atoms with Crippen molar-refractivity contribution in [3.05, 3.63) is 35.9 Å². The number of rotatable bonds is 4. The van der Waals surface area contributed by atoms with Crippen LogP contribution in [0.25, 0.3) is 0 Å². The van der Waals surface area contributed by atoms with Gasteiger partial charge < -0.3 is 4.79 Å². The summed E-state index contributed by atoms with van der Waals surface area (Å²) in [5.41, 5.74) is 0.766. The fourth-order valence-corrected chi connectivity index (χ4v) is 2.65. The zero-order valence-electron chi connectivity index (χ0n) is 9.97. The Bertz CT molecular complexity index is 383. The number of benzene rings is 1. The van der Waals surface area contributed by atoms with Crippen LogP contribution in [-0.4, -0.2) is 12.1 Å². The number of ketones is 1. The van der Waals surface area contributed by atoms with Crippen molar-refractivity contribution in [2.45, 2.75) is 32.1 Å². The van der Waals surface area contributed by atoms with Gasteiger partial charge in [-0.15, -0.1) is 0 Å². The summed E-state index contributed by atoms with van der Waals surface area (Å²) in [6.45, 7) is 0. The van der Waals surface area contributed by atoms with E-state index in [1.807, 2.05) is 30.3 Å². The first-order valence-electron chi connectivity index (χ1n) is 6.35. The highest BCUT2D eigenvalue weighted by atomic mass is 16.1. The Morgan fingerprint density at radius 1 is 1.18 bits per heavy atom. The SMILES string of the molecule is O=C[C@@H]1CCCC[C@H]1CC(=O)c1ccccc1. The molecule has 2 atom stereocenters. The molecule has 0 unspecified atom stereocenters. The topological polar surface area (TPSA) is 34.1 Å². The summed E-state index contributed by atoms with van der Waals surface area (Å²) >= 11 is 0. The van der Waals surface area contributed by atoms with Crippen molar-refractivity contribution in [3.8, 4) is 0 Å². The molecule has 0 N–H and O–H groups in total. The van der Waals surface area contributed by atoms with E-state index in [2.05, 4.69) is 0 Å². The van der Waals surface area contributed by atoms with Gasteiger partial charge in [0.15, 0.2) is 5.78 Å². The molecular weight excluding hydrogens is 212 g/mol. The average molecular weight is 230 g/mol. The maximum Gasteiger partial charge on any atom is 0.163 e. The molecule has 0 heterocycles. The first-order valence-corrected chi connectivity index (χ1v) is 6.35. The van der Waals surface area contributed by atoms with Crippen LogP contribution in [0.4, 0.5) is 0 Å². The van der Waals surface area contributed by atoms with Gasteiger partial charge in [-0.25, -0.2) is 0 Å². The van der Waals surface area contributed by atoms with Crippen LogP contribution >= 0.6 is 0 Å². The Morgan fingerprint density at radius 3 is 2.59 bits per heavy atom. The van der Waals surface area contributed by atoms with Crippen molar-refractivity contribution < 1.29 is 9.59 Å². The normalized spacial score (nSPS) is 24.2. The van der Waals surface area contributed by atoms with Gasteiger partial charge in [0.2, 0.25) is 0 Å². The minimum Gasteiger partial charge on any atom is -0.303 e. The molecule has 0 amide bonds. The van der Waals surface area contributed by atoms with Gasteiger partial charge in [0.25, 0.3) is 0 Å². The smallest absolute Gasteiger partial charge is 0.163 e. The van der Waals surface area contributed by atoms with Crippen LogP contribution in [0.1, 0.15) is 42.5 Å². The predicted octanol–water partition coefficient (Wildman–Crippen LogP) is 3.26. The van der Waals surface area contributed by atoms with Crippen molar-refractivity contribution in [3.63, 3.8) is 0 Å². The van der Waals surface area contributed by atoms with Crippen LogP contribution in [0.3, 0.4) is 0 Å². The lowest BCUT2D eigenvalue weighted by atomic mass is 9.77. The minimum atomic E-state index is 0.0939. The molecular formula is C15H18O2. The van der Waals surface area contributed by atoms with E-state index in [1.165, 1.54) is 0 Å². The highest BCUT2D eigenvalue weighted by Gasteiger charge is 2.26. The number of carbonyl (C=O) groups is 2. The van der Waals surface area contributed by atoms with Crippen LogP contribution in [0, 0.1) is 11.8 Å². The highest BCUT2D eigenvalue weighted by Crippen LogP contribution is 2.31. The molecule has 90 valence electrons. The van der Waals surface area contributed by atoms with Crippen molar-refractivity contribution in [2.75, 3.05) is 0 Å². The molecule has 1 fully saturated rings. The van der Waals surface area contributed by atoms with E-state index in [0.29, 0.717) is 6.42 Å². The molecule has 0 spiro atoms. The lowest BCUT2D eigenvalue weighted by Gasteiger charge is -2.26. The van der Waals surface area contributed by atoms with E-state index in [-0.39, 0.29) is 17.6 Å². The lowest BCUT2D eigenvalue weighted by molar-refractivity contribution is -0.113. The zero-order chi connectivity index (χ0) is 12.1. The summed E-state index contributed by atoms with van der Waals surface area (Å²) in [5.74, 6) is 0.523. The Labute approximate surface area is 102 Å². The van der Waals surface area contributed by atoms with Crippen LogP contribution in [0.2, 0.25) is 0 Å². The van der Waals surface area contributed by atoms with Gasteiger partial charge in [-0.3, -0.25) is 4.79 Å². The number of Topliss-reactive ketones (excluding diaryl/α,β-unsaturated/α-hetero) is 1. The minimum absolute atomic E-state index is 0.0939. The van der Waals surface area contributed by atoms with Crippen LogP contribution < -0.4 is 0 Å². The van der Waals surface area contributed by atoms with Crippen molar-refractivity contribution >= 4 is 12.1 Å². The van der Waals surface area contributed by atoms with E-state index in [9.17, 15) is 9.59 Å². The summed E-state index contributed by atoms with van der Waals surface area (Å²) in [6.07, 6.45) is 5.81. The monoisotopic (exact) mass is 230 g/mol. The average Bonchev–Trinajstić information content (AvgIpc) is 2.40. The molecule has 1 aromatic carbocycles. The summed E-state index contributed by atoms with van der Waals surface area (Å²) < 4.78 is 0. The van der Waals surface area contributed by atoms with Gasteiger partial charge in [0.1, 0.15) is 6.29 Å². The first kappa shape index (κ1) is 12.0. The van der Waals surface area contributed by atoms with Crippen molar-refractivity contribution in [1.82, 2.24) is 0 Å². The van der Waals surface area contributed by atoms with Crippen LogP contribution in [0.15, 0.2) is 30.3 Å². The second kappa shape index (κ2) is 5.76. The lowest BCUT2D eigenvalue weighted by Crippen LogP contribution is -2.23. The zero-order valence-corrected chi connectivity index (χ0v) is 9.97. The molecule has 1 aliphatic carbocycles. The van der Waals surface area contributed by atoms with Crippen molar-refractivity contribution in [2.24, 2.45) is 11.8 Å². The van der Waals surface area contributed by atoms with Gasteiger partial charge in [-0.1, -0.05) is 43.2 Å². The molecule has 1 aromatic rings. The number of hydrogen-bond acceptors (Lipinski definition) is 2.